The Balaban J connectivity index is 1.45. The highest BCUT2D eigenvalue weighted by Crippen LogP contribution is 2.39. The van der Waals surface area contributed by atoms with Crippen LogP contribution in [0.2, 0.25) is 0 Å². The fraction of sp³-hybridized carbons (Fsp3) is 0.292. The molecule has 2 bridgehead atoms. The Morgan fingerprint density at radius 3 is 2.52 bits per heavy atom. The van der Waals surface area contributed by atoms with Gasteiger partial charge in [-0.2, -0.15) is 0 Å². The van der Waals surface area contributed by atoms with E-state index in [9.17, 15) is 4.79 Å². The summed E-state index contributed by atoms with van der Waals surface area (Å²) in [6.07, 6.45) is 5.00. The first kappa shape index (κ1) is 17.6. The lowest BCUT2D eigenvalue weighted by Gasteiger charge is -2.33. The molecule has 1 fully saturated rings. The number of hydrogen-bond acceptors (Lipinski definition) is 2. The monoisotopic (exact) mass is 359 g/mol. The van der Waals surface area contributed by atoms with Crippen LogP contribution in [0.1, 0.15) is 42.9 Å². The normalized spacial score (nSPS) is 20.9. The van der Waals surface area contributed by atoms with Gasteiger partial charge in [-0.3, -0.25) is 4.90 Å². The maximum absolute atomic E-state index is 12.7. The Kier molecular flexibility index (Phi) is 4.85. The zero-order chi connectivity index (χ0) is 18.8. The van der Waals surface area contributed by atoms with Gasteiger partial charge in [0.15, 0.2) is 0 Å². The molecular formula is C24H25NO2. The summed E-state index contributed by atoms with van der Waals surface area (Å²) in [7, 11) is 0. The zero-order valence-electron chi connectivity index (χ0n) is 15.7. The smallest absolute Gasteiger partial charge is 0.410 e. The number of amides is 1. The largest absolute Gasteiger partial charge is 0.445 e. The topological polar surface area (TPSA) is 29.5 Å². The Bertz CT molecular complexity index is 867. The summed E-state index contributed by atoms with van der Waals surface area (Å²) in [6, 6.07) is 18.8. The molecule has 0 radical (unpaired) electrons. The second-order valence-electron chi connectivity index (χ2n) is 7.50. The molecule has 0 spiro atoms. The molecule has 4 rings (SSSR count). The van der Waals surface area contributed by atoms with Crippen LogP contribution in [0.25, 0.3) is 11.1 Å². The predicted octanol–water partition coefficient (Wildman–Crippen LogP) is 5.68. The van der Waals surface area contributed by atoms with Gasteiger partial charge in [0.05, 0.1) is 6.04 Å². The molecule has 3 heteroatoms. The van der Waals surface area contributed by atoms with Crippen molar-refractivity contribution >= 4 is 17.2 Å². The van der Waals surface area contributed by atoms with Gasteiger partial charge in [-0.1, -0.05) is 72.8 Å². The standard InChI is InChI=1S/C24H25NO2/c1-17(2)19-8-10-20(11-9-19)21-14-22-12-13-23(15-21)25(22)24(26)27-16-18-6-4-3-5-7-18/h3-11,14,22-23H,1,12-13,15-16H2,2H3. The molecule has 138 valence electrons. The Morgan fingerprint density at radius 2 is 1.85 bits per heavy atom. The van der Waals surface area contributed by atoms with Gasteiger partial charge in [0.25, 0.3) is 0 Å². The highest BCUT2D eigenvalue weighted by atomic mass is 16.6. The van der Waals surface area contributed by atoms with Crippen LogP contribution in [0.3, 0.4) is 0 Å². The van der Waals surface area contributed by atoms with Crippen molar-refractivity contribution in [2.45, 2.75) is 44.9 Å². The van der Waals surface area contributed by atoms with Crippen molar-refractivity contribution in [2.75, 3.05) is 0 Å². The third-order valence-electron chi connectivity index (χ3n) is 5.56. The van der Waals surface area contributed by atoms with Gasteiger partial charge in [0.1, 0.15) is 6.61 Å². The summed E-state index contributed by atoms with van der Waals surface area (Å²) in [4.78, 5) is 14.6. The lowest BCUT2D eigenvalue weighted by molar-refractivity contribution is 0.0832. The van der Waals surface area contributed by atoms with Crippen molar-refractivity contribution in [2.24, 2.45) is 0 Å². The Hall–Kier alpha value is -2.81. The number of rotatable bonds is 4. The van der Waals surface area contributed by atoms with Crippen molar-refractivity contribution in [1.82, 2.24) is 4.90 Å². The molecule has 0 aliphatic carbocycles. The van der Waals surface area contributed by atoms with Crippen LogP contribution in [0, 0.1) is 0 Å². The number of ether oxygens (including phenoxy) is 1. The SMILES string of the molecule is C=C(C)c1ccc(C2=CC3CCC(C2)N3C(=O)OCc2ccccc2)cc1. The maximum atomic E-state index is 12.7. The lowest BCUT2D eigenvalue weighted by atomic mass is 9.94. The van der Waals surface area contributed by atoms with Crippen molar-refractivity contribution in [3.05, 3.63) is 83.9 Å². The van der Waals surface area contributed by atoms with E-state index in [1.54, 1.807) is 0 Å². The van der Waals surface area contributed by atoms with Gasteiger partial charge >= 0.3 is 6.09 Å². The average Bonchev–Trinajstić information content (AvgIpc) is 2.96. The van der Waals surface area contributed by atoms with Crippen molar-refractivity contribution in [1.29, 1.82) is 0 Å². The molecule has 2 aliphatic rings. The van der Waals surface area contributed by atoms with Gasteiger partial charge in [-0.15, -0.1) is 0 Å². The molecule has 2 unspecified atom stereocenters. The minimum atomic E-state index is -0.195. The molecule has 2 heterocycles. The van der Waals surface area contributed by atoms with Crippen LogP contribution in [0.15, 0.2) is 67.3 Å². The number of carbonyl (C=O) groups excluding carboxylic acids is 1. The third kappa shape index (κ3) is 3.68. The number of nitrogens with zero attached hydrogens (tertiary/aromatic N) is 1. The van der Waals surface area contributed by atoms with Crippen LogP contribution >= 0.6 is 0 Å². The van der Waals surface area contributed by atoms with Gasteiger partial charge in [0.2, 0.25) is 0 Å². The van der Waals surface area contributed by atoms with Gasteiger partial charge < -0.3 is 4.74 Å². The molecule has 3 nitrogen and oxygen atoms in total. The van der Waals surface area contributed by atoms with E-state index in [1.807, 2.05) is 42.2 Å². The molecular weight excluding hydrogens is 334 g/mol. The summed E-state index contributed by atoms with van der Waals surface area (Å²) in [6.45, 7) is 6.35. The number of carbonyl (C=O) groups is 1. The number of allylic oxidation sites excluding steroid dienone is 1. The summed E-state index contributed by atoms with van der Waals surface area (Å²) < 4.78 is 5.58. The molecule has 1 saturated heterocycles. The van der Waals surface area contributed by atoms with Crippen LogP contribution < -0.4 is 0 Å². The fourth-order valence-electron chi connectivity index (χ4n) is 4.09. The van der Waals surface area contributed by atoms with Crippen LogP contribution in [0.5, 0.6) is 0 Å². The second-order valence-corrected chi connectivity index (χ2v) is 7.50. The van der Waals surface area contributed by atoms with Gasteiger partial charge in [-0.05, 0) is 48.4 Å². The second kappa shape index (κ2) is 7.43. The number of fused-ring (bicyclic) bond motifs is 2. The Morgan fingerprint density at radius 1 is 1.11 bits per heavy atom. The highest BCUT2D eigenvalue weighted by molar-refractivity contribution is 5.75. The molecule has 2 aromatic rings. The van der Waals surface area contributed by atoms with E-state index in [2.05, 4.69) is 36.9 Å². The van der Waals surface area contributed by atoms with E-state index in [4.69, 9.17) is 4.74 Å². The quantitative estimate of drug-likeness (QED) is 0.703. The molecule has 0 saturated carbocycles. The molecule has 0 N–H and O–H groups in total. The third-order valence-corrected chi connectivity index (χ3v) is 5.56. The minimum absolute atomic E-state index is 0.142. The summed E-state index contributed by atoms with van der Waals surface area (Å²) in [5, 5.41) is 0. The van der Waals surface area contributed by atoms with E-state index >= 15 is 0 Å². The van der Waals surface area contributed by atoms with E-state index < -0.39 is 0 Å². The van der Waals surface area contributed by atoms with E-state index in [1.165, 1.54) is 16.7 Å². The average molecular weight is 359 g/mol. The van der Waals surface area contributed by atoms with E-state index in [0.29, 0.717) is 6.61 Å². The van der Waals surface area contributed by atoms with Crippen molar-refractivity contribution in [3.63, 3.8) is 0 Å². The first-order chi connectivity index (χ1) is 13.1. The molecule has 2 aliphatic heterocycles. The molecule has 0 aromatic heterocycles. The summed E-state index contributed by atoms with van der Waals surface area (Å²) in [5.41, 5.74) is 5.84. The van der Waals surface area contributed by atoms with E-state index in [-0.39, 0.29) is 18.2 Å². The van der Waals surface area contributed by atoms with Crippen LogP contribution in [-0.2, 0) is 11.3 Å². The highest BCUT2D eigenvalue weighted by Gasteiger charge is 2.40. The summed E-state index contributed by atoms with van der Waals surface area (Å²) in [5.74, 6) is 0. The lowest BCUT2D eigenvalue weighted by Crippen LogP contribution is -2.43. The van der Waals surface area contributed by atoms with Gasteiger partial charge in [-0.25, -0.2) is 4.79 Å². The molecule has 2 aromatic carbocycles. The van der Waals surface area contributed by atoms with Crippen molar-refractivity contribution in [3.8, 4) is 0 Å². The first-order valence-corrected chi connectivity index (χ1v) is 9.58. The van der Waals surface area contributed by atoms with Crippen LogP contribution in [0.4, 0.5) is 4.79 Å². The van der Waals surface area contributed by atoms with Gasteiger partial charge in [0, 0.05) is 6.04 Å². The maximum Gasteiger partial charge on any atom is 0.410 e. The molecule has 1 amide bonds. The predicted molar refractivity (Wildman–Crippen MR) is 109 cm³/mol. The number of hydrogen-bond donors (Lipinski definition) is 0. The first-order valence-electron chi connectivity index (χ1n) is 9.58. The molecule has 27 heavy (non-hydrogen) atoms. The minimum Gasteiger partial charge on any atom is -0.445 e. The zero-order valence-corrected chi connectivity index (χ0v) is 15.7. The Labute approximate surface area is 161 Å². The van der Waals surface area contributed by atoms with Crippen molar-refractivity contribution < 1.29 is 9.53 Å². The number of benzene rings is 2. The summed E-state index contributed by atoms with van der Waals surface area (Å²) >= 11 is 0. The van der Waals surface area contributed by atoms with E-state index in [0.717, 1.165) is 30.4 Å². The molecule has 2 atom stereocenters. The van der Waals surface area contributed by atoms with Crippen LogP contribution in [-0.4, -0.2) is 23.1 Å². The fourth-order valence-corrected chi connectivity index (χ4v) is 4.09.